The summed E-state index contributed by atoms with van der Waals surface area (Å²) < 4.78 is 0. The molecule has 0 radical (unpaired) electrons. The molecule has 0 fully saturated rings. The van der Waals surface area contributed by atoms with E-state index in [0.717, 1.165) is 10.6 Å². The lowest BCUT2D eigenvalue weighted by Crippen LogP contribution is -2.23. The van der Waals surface area contributed by atoms with Gasteiger partial charge in [0, 0.05) is 10.9 Å². The van der Waals surface area contributed by atoms with Gasteiger partial charge in [-0.1, -0.05) is 12.2 Å². The van der Waals surface area contributed by atoms with Gasteiger partial charge < -0.3 is 11.1 Å². The highest BCUT2D eigenvalue weighted by molar-refractivity contribution is 7.15. The third-order valence-electron chi connectivity index (χ3n) is 2.71. The van der Waals surface area contributed by atoms with Crippen LogP contribution in [0.15, 0.2) is 12.2 Å². The summed E-state index contributed by atoms with van der Waals surface area (Å²) in [4.78, 5) is 17.2. The minimum atomic E-state index is -0.112. The Morgan fingerprint density at radius 3 is 2.81 bits per heavy atom. The van der Waals surface area contributed by atoms with Gasteiger partial charge >= 0.3 is 0 Å². The molecule has 0 saturated carbocycles. The van der Waals surface area contributed by atoms with Crippen LogP contribution in [0.25, 0.3) is 0 Å². The van der Waals surface area contributed by atoms with E-state index in [1.165, 1.54) is 11.3 Å². The van der Waals surface area contributed by atoms with Crippen molar-refractivity contribution < 1.29 is 4.79 Å². The second-order valence-corrected chi connectivity index (χ2v) is 5.24. The van der Waals surface area contributed by atoms with Crippen molar-refractivity contribution in [3.05, 3.63) is 22.7 Å². The van der Waals surface area contributed by atoms with Gasteiger partial charge in [0.1, 0.15) is 0 Å². The molecule has 4 nitrogen and oxygen atoms in total. The second kappa shape index (κ2) is 4.35. The van der Waals surface area contributed by atoms with Crippen LogP contribution in [0, 0.1) is 19.8 Å². The topological polar surface area (TPSA) is 68.0 Å². The lowest BCUT2D eigenvalue weighted by molar-refractivity contribution is -0.118. The van der Waals surface area contributed by atoms with Gasteiger partial charge in [0.25, 0.3) is 0 Å². The van der Waals surface area contributed by atoms with E-state index in [4.69, 9.17) is 5.73 Å². The average molecular weight is 237 g/mol. The van der Waals surface area contributed by atoms with Crippen LogP contribution < -0.4 is 11.1 Å². The Morgan fingerprint density at radius 1 is 1.56 bits per heavy atom. The zero-order valence-electron chi connectivity index (χ0n) is 9.36. The zero-order chi connectivity index (χ0) is 11.7. The van der Waals surface area contributed by atoms with Crippen molar-refractivity contribution in [2.24, 2.45) is 11.7 Å². The van der Waals surface area contributed by atoms with Gasteiger partial charge in [0.15, 0.2) is 5.13 Å². The SMILES string of the molecule is Cc1nc(NC(=O)C2C=CC(N)C2)sc1C. The molecule has 1 aromatic rings. The van der Waals surface area contributed by atoms with Gasteiger partial charge in [-0.2, -0.15) is 0 Å². The lowest BCUT2D eigenvalue weighted by atomic mass is 10.1. The number of aryl methyl sites for hydroxylation is 2. The fraction of sp³-hybridized carbons (Fsp3) is 0.455. The molecule has 1 heterocycles. The molecule has 2 atom stereocenters. The highest BCUT2D eigenvalue weighted by Crippen LogP contribution is 2.23. The number of rotatable bonds is 2. The summed E-state index contributed by atoms with van der Waals surface area (Å²) in [6.07, 6.45) is 4.44. The summed E-state index contributed by atoms with van der Waals surface area (Å²) in [6, 6.07) is 0.00974. The normalized spacial score (nSPS) is 23.7. The third kappa shape index (κ3) is 2.31. The molecule has 1 aromatic heterocycles. The van der Waals surface area contributed by atoms with Gasteiger partial charge in [0.05, 0.1) is 11.6 Å². The number of nitrogens with zero attached hydrogens (tertiary/aromatic N) is 1. The number of amides is 1. The van der Waals surface area contributed by atoms with E-state index in [9.17, 15) is 4.79 Å². The molecule has 3 N–H and O–H groups in total. The Kier molecular flexibility index (Phi) is 3.07. The van der Waals surface area contributed by atoms with Crippen LogP contribution in [0.2, 0.25) is 0 Å². The number of thiazole rings is 1. The molecule has 1 aliphatic rings. The van der Waals surface area contributed by atoms with Gasteiger partial charge in [-0.15, -0.1) is 11.3 Å². The first kappa shape index (κ1) is 11.3. The first-order chi connectivity index (χ1) is 7.56. The first-order valence-corrected chi connectivity index (χ1v) is 6.06. The Balaban J connectivity index is 2.00. The summed E-state index contributed by atoms with van der Waals surface area (Å²) in [5, 5.41) is 3.50. The van der Waals surface area contributed by atoms with Crippen molar-refractivity contribution in [2.75, 3.05) is 5.32 Å². The highest BCUT2D eigenvalue weighted by Gasteiger charge is 2.23. The molecule has 0 bridgehead atoms. The summed E-state index contributed by atoms with van der Waals surface area (Å²) in [6.45, 7) is 3.93. The van der Waals surface area contributed by atoms with Crippen molar-refractivity contribution in [2.45, 2.75) is 26.3 Å². The Hall–Kier alpha value is -1.20. The Morgan fingerprint density at radius 2 is 2.31 bits per heavy atom. The van der Waals surface area contributed by atoms with E-state index >= 15 is 0 Å². The van der Waals surface area contributed by atoms with Crippen LogP contribution >= 0.6 is 11.3 Å². The molecular formula is C11H15N3OS. The molecule has 86 valence electrons. The van der Waals surface area contributed by atoms with E-state index in [2.05, 4.69) is 10.3 Å². The van der Waals surface area contributed by atoms with E-state index in [1.54, 1.807) is 0 Å². The molecule has 1 amide bonds. The highest BCUT2D eigenvalue weighted by atomic mass is 32.1. The fourth-order valence-corrected chi connectivity index (χ4v) is 2.46. The Bertz CT molecular complexity index is 419. The predicted octanol–water partition coefficient (Wildman–Crippen LogP) is 1.60. The molecule has 0 aromatic carbocycles. The zero-order valence-corrected chi connectivity index (χ0v) is 10.2. The van der Waals surface area contributed by atoms with E-state index in [1.807, 2.05) is 26.0 Å². The number of hydrogen-bond acceptors (Lipinski definition) is 4. The van der Waals surface area contributed by atoms with Gasteiger partial charge in [0.2, 0.25) is 5.91 Å². The van der Waals surface area contributed by atoms with Crippen LogP contribution in [-0.4, -0.2) is 16.9 Å². The number of aromatic nitrogens is 1. The number of nitrogens with one attached hydrogen (secondary N) is 1. The maximum Gasteiger partial charge on any atom is 0.233 e. The smallest absolute Gasteiger partial charge is 0.233 e. The maximum absolute atomic E-state index is 11.8. The predicted molar refractivity (Wildman–Crippen MR) is 65.4 cm³/mol. The Labute approximate surface area is 98.6 Å². The molecule has 1 aliphatic carbocycles. The monoisotopic (exact) mass is 237 g/mol. The van der Waals surface area contributed by atoms with Crippen LogP contribution in [0.3, 0.4) is 0 Å². The van der Waals surface area contributed by atoms with Crippen LogP contribution in [0.1, 0.15) is 17.0 Å². The van der Waals surface area contributed by atoms with E-state index in [-0.39, 0.29) is 17.9 Å². The molecule has 0 aliphatic heterocycles. The van der Waals surface area contributed by atoms with Crippen LogP contribution in [-0.2, 0) is 4.79 Å². The van der Waals surface area contributed by atoms with Gasteiger partial charge in [-0.3, -0.25) is 4.79 Å². The van der Waals surface area contributed by atoms with E-state index in [0.29, 0.717) is 11.6 Å². The molecule has 0 spiro atoms. The van der Waals surface area contributed by atoms with Crippen molar-refractivity contribution in [1.82, 2.24) is 4.98 Å². The fourth-order valence-electron chi connectivity index (χ4n) is 1.65. The van der Waals surface area contributed by atoms with Crippen molar-refractivity contribution in [3.63, 3.8) is 0 Å². The number of hydrogen-bond donors (Lipinski definition) is 2. The quantitative estimate of drug-likeness (QED) is 0.768. The summed E-state index contributed by atoms with van der Waals surface area (Å²) in [7, 11) is 0. The van der Waals surface area contributed by atoms with Gasteiger partial charge in [-0.25, -0.2) is 4.98 Å². The van der Waals surface area contributed by atoms with Crippen LogP contribution in [0.5, 0.6) is 0 Å². The maximum atomic E-state index is 11.8. The summed E-state index contributed by atoms with van der Waals surface area (Å²) >= 11 is 1.50. The molecular weight excluding hydrogens is 222 g/mol. The summed E-state index contributed by atoms with van der Waals surface area (Å²) in [5.74, 6) is -0.127. The minimum absolute atomic E-state index is 0.00974. The number of carbonyl (C=O) groups is 1. The molecule has 2 rings (SSSR count). The molecule has 16 heavy (non-hydrogen) atoms. The minimum Gasteiger partial charge on any atom is -0.324 e. The standard InChI is InChI=1S/C11H15N3OS/c1-6-7(2)16-11(13-6)14-10(15)8-3-4-9(12)5-8/h3-4,8-9H,5,12H2,1-2H3,(H,13,14,15). The largest absolute Gasteiger partial charge is 0.324 e. The lowest BCUT2D eigenvalue weighted by Gasteiger charge is -2.07. The van der Waals surface area contributed by atoms with E-state index < -0.39 is 0 Å². The second-order valence-electron chi connectivity index (χ2n) is 4.04. The first-order valence-electron chi connectivity index (χ1n) is 5.25. The molecule has 5 heteroatoms. The summed E-state index contributed by atoms with van der Waals surface area (Å²) in [5.41, 5.74) is 6.68. The van der Waals surface area contributed by atoms with Crippen LogP contribution in [0.4, 0.5) is 5.13 Å². The van der Waals surface area contributed by atoms with Crippen molar-refractivity contribution >= 4 is 22.4 Å². The van der Waals surface area contributed by atoms with Gasteiger partial charge in [-0.05, 0) is 20.3 Å². The average Bonchev–Trinajstić information content (AvgIpc) is 2.75. The third-order valence-corrected chi connectivity index (χ3v) is 3.70. The molecule has 2 unspecified atom stereocenters. The number of carbonyl (C=O) groups excluding carboxylic acids is 1. The van der Waals surface area contributed by atoms with Crippen molar-refractivity contribution in [3.8, 4) is 0 Å². The van der Waals surface area contributed by atoms with Crippen molar-refractivity contribution in [1.29, 1.82) is 0 Å². The molecule has 0 saturated heterocycles. The number of nitrogens with two attached hydrogens (primary N) is 1. The number of anilines is 1.